The molecule has 2 atom stereocenters. The molecule has 0 aromatic heterocycles. The summed E-state index contributed by atoms with van der Waals surface area (Å²) >= 11 is 0. The Kier molecular flexibility index (Phi) is 26.6. The molecule has 0 bridgehead atoms. The third-order valence-corrected chi connectivity index (χ3v) is 8.03. The average molecular weight is 481 g/mol. The average Bonchev–Trinajstić information content (AvgIpc) is 2.82. The van der Waals surface area contributed by atoms with Crippen molar-refractivity contribution < 1.29 is 9.90 Å². The summed E-state index contributed by atoms with van der Waals surface area (Å²) in [4.78, 5) is 10.5. The largest absolute Gasteiger partial charge is 0.481 e. The van der Waals surface area contributed by atoms with Crippen LogP contribution in [0.2, 0.25) is 0 Å². The van der Waals surface area contributed by atoms with E-state index in [9.17, 15) is 4.79 Å². The van der Waals surface area contributed by atoms with Crippen molar-refractivity contribution in [1.82, 2.24) is 0 Å². The quantitative estimate of drug-likeness (QED) is 0.113. The molecule has 0 aliphatic carbocycles. The number of carboxylic acids is 1. The number of unbranched alkanes of at least 4 members (excludes halogenated alkanes) is 21. The normalized spacial score (nSPS) is 13.3. The molecule has 0 aliphatic rings. The predicted octanol–water partition coefficient (Wildman–Crippen LogP) is 11.5. The lowest BCUT2D eigenvalue weighted by Gasteiger charge is -2.19. The van der Waals surface area contributed by atoms with Crippen LogP contribution in [0.25, 0.3) is 0 Å². The summed E-state index contributed by atoms with van der Waals surface area (Å²) in [5, 5.41) is 8.63. The summed E-state index contributed by atoms with van der Waals surface area (Å²) in [7, 11) is 0. The van der Waals surface area contributed by atoms with Crippen molar-refractivity contribution in [3.63, 3.8) is 0 Å². The van der Waals surface area contributed by atoms with Crippen LogP contribution in [0.3, 0.4) is 0 Å². The third-order valence-electron chi connectivity index (χ3n) is 8.03. The third kappa shape index (κ3) is 26.1. The first-order valence-electron chi connectivity index (χ1n) is 15.8. The second-order valence-corrected chi connectivity index (χ2v) is 11.5. The van der Waals surface area contributed by atoms with Gasteiger partial charge in [0.1, 0.15) is 0 Å². The molecule has 1 N–H and O–H groups in total. The van der Waals surface area contributed by atoms with E-state index in [1.165, 1.54) is 148 Å². The number of aliphatic carboxylic acids is 1. The van der Waals surface area contributed by atoms with Crippen molar-refractivity contribution >= 4 is 5.97 Å². The highest BCUT2D eigenvalue weighted by atomic mass is 16.4. The van der Waals surface area contributed by atoms with Gasteiger partial charge in [0, 0.05) is 6.42 Å². The van der Waals surface area contributed by atoms with Gasteiger partial charge < -0.3 is 5.11 Å². The van der Waals surface area contributed by atoms with Crippen LogP contribution < -0.4 is 0 Å². The second-order valence-electron chi connectivity index (χ2n) is 11.5. The molecule has 0 spiro atoms. The molecule has 0 saturated heterocycles. The number of carbonyl (C=O) groups is 1. The van der Waals surface area contributed by atoms with Gasteiger partial charge in [-0.3, -0.25) is 4.79 Å². The molecule has 34 heavy (non-hydrogen) atoms. The lowest BCUT2D eigenvalue weighted by atomic mass is 9.86. The van der Waals surface area contributed by atoms with Gasteiger partial charge in [0.25, 0.3) is 0 Å². The Labute approximate surface area is 215 Å². The van der Waals surface area contributed by atoms with Gasteiger partial charge >= 0.3 is 5.97 Å². The van der Waals surface area contributed by atoms with E-state index in [1.54, 1.807) is 0 Å². The number of hydrogen-bond donors (Lipinski definition) is 1. The highest BCUT2D eigenvalue weighted by Crippen LogP contribution is 2.24. The molecule has 0 heterocycles. The molecule has 0 aromatic rings. The fourth-order valence-electron chi connectivity index (χ4n) is 5.21. The first-order valence-corrected chi connectivity index (χ1v) is 15.8. The van der Waals surface area contributed by atoms with Crippen LogP contribution in [0.4, 0.5) is 0 Å². The van der Waals surface area contributed by atoms with Gasteiger partial charge in [-0.15, -0.1) is 0 Å². The summed E-state index contributed by atoms with van der Waals surface area (Å²) in [6.45, 7) is 7.28. The van der Waals surface area contributed by atoms with Crippen LogP contribution in [0.5, 0.6) is 0 Å². The molecule has 0 radical (unpaired) electrons. The summed E-state index contributed by atoms with van der Waals surface area (Å²) in [6, 6.07) is 0. The Morgan fingerprint density at radius 2 is 0.735 bits per heavy atom. The Balaban J connectivity index is 3.30. The predicted molar refractivity (Wildman–Crippen MR) is 152 cm³/mol. The minimum atomic E-state index is -0.650. The summed E-state index contributed by atoms with van der Waals surface area (Å²) < 4.78 is 0. The molecule has 2 heteroatoms. The van der Waals surface area contributed by atoms with Crippen molar-refractivity contribution in [2.75, 3.05) is 0 Å². The Morgan fingerprint density at radius 1 is 0.471 bits per heavy atom. The van der Waals surface area contributed by atoms with Crippen molar-refractivity contribution in [2.24, 2.45) is 11.8 Å². The highest BCUT2D eigenvalue weighted by molar-refractivity contribution is 5.66. The van der Waals surface area contributed by atoms with Gasteiger partial charge in [-0.2, -0.15) is 0 Å². The van der Waals surface area contributed by atoms with Gasteiger partial charge in [-0.05, 0) is 18.3 Å². The number of rotatable bonds is 28. The molecule has 0 aromatic carbocycles. The van der Waals surface area contributed by atoms with Crippen molar-refractivity contribution in [3.8, 4) is 0 Å². The van der Waals surface area contributed by atoms with E-state index in [4.69, 9.17) is 5.11 Å². The van der Waals surface area contributed by atoms with E-state index in [2.05, 4.69) is 20.8 Å². The maximum absolute atomic E-state index is 10.5. The lowest BCUT2D eigenvalue weighted by Crippen LogP contribution is -2.08. The van der Waals surface area contributed by atoms with Crippen LogP contribution >= 0.6 is 0 Å². The van der Waals surface area contributed by atoms with E-state index in [0.29, 0.717) is 6.42 Å². The van der Waals surface area contributed by atoms with Gasteiger partial charge in [0.05, 0.1) is 0 Å². The maximum Gasteiger partial charge on any atom is 0.303 e. The van der Waals surface area contributed by atoms with Gasteiger partial charge in [-0.1, -0.05) is 175 Å². The Hall–Kier alpha value is -0.530. The summed E-state index contributed by atoms with van der Waals surface area (Å²) in [5.74, 6) is 1.15. The zero-order chi connectivity index (χ0) is 25.1. The minimum absolute atomic E-state index is 0.344. The highest BCUT2D eigenvalue weighted by Gasteiger charge is 2.11. The molecule has 0 amide bonds. The maximum atomic E-state index is 10.5. The number of hydrogen-bond acceptors (Lipinski definition) is 1. The van der Waals surface area contributed by atoms with E-state index < -0.39 is 5.97 Å². The zero-order valence-electron chi connectivity index (χ0n) is 23.9. The van der Waals surface area contributed by atoms with Crippen LogP contribution in [-0.4, -0.2) is 11.1 Å². The Bertz CT molecular complexity index is 406. The van der Waals surface area contributed by atoms with Crippen LogP contribution in [0, 0.1) is 11.8 Å². The molecule has 2 unspecified atom stereocenters. The number of carboxylic acid groups (broad SMARTS) is 1. The molecule has 0 saturated carbocycles. The van der Waals surface area contributed by atoms with E-state index >= 15 is 0 Å². The van der Waals surface area contributed by atoms with E-state index in [-0.39, 0.29) is 0 Å². The molecular formula is C32H64O2. The molecule has 0 rings (SSSR count). The monoisotopic (exact) mass is 480 g/mol. The van der Waals surface area contributed by atoms with Gasteiger partial charge in [0.15, 0.2) is 0 Å². The van der Waals surface area contributed by atoms with E-state index in [0.717, 1.165) is 24.7 Å². The fourth-order valence-corrected chi connectivity index (χ4v) is 5.21. The van der Waals surface area contributed by atoms with Crippen LogP contribution in [-0.2, 0) is 4.79 Å². The van der Waals surface area contributed by atoms with Crippen LogP contribution in [0.1, 0.15) is 188 Å². The first kappa shape index (κ1) is 33.5. The Morgan fingerprint density at radius 3 is 1.03 bits per heavy atom. The molecular weight excluding hydrogens is 416 g/mol. The van der Waals surface area contributed by atoms with Crippen LogP contribution in [0.15, 0.2) is 0 Å². The second kappa shape index (κ2) is 27.1. The van der Waals surface area contributed by atoms with Crippen molar-refractivity contribution in [1.29, 1.82) is 0 Å². The fraction of sp³-hybridized carbons (Fsp3) is 0.969. The summed E-state index contributed by atoms with van der Waals surface area (Å²) in [6.07, 6.45) is 34.8. The van der Waals surface area contributed by atoms with Crippen molar-refractivity contribution in [2.45, 2.75) is 188 Å². The zero-order valence-corrected chi connectivity index (χ0v) is 23.9. The smallest absolute Gasteiger partial charge is 0.303 e. The van der Waals surface area contributed by atoms with Crippen molar-refractivity contribution in [3.05, 3.63) is 0 Å². The minimum Gasteiger partial charge on any atom is -0.481 e. The van der Waals surface area contributed by atoms with Gasteiger partial charge in [-0.25, -0.2) is 0 Å². The first-order chi connectivity index (χ1) is 16.6. The summed E-state index contributed by atoms with van der Waals surface area (Å²) in [5.41, 5.74) is 0. The SMILES string of the molecule is CCCCCCCCCCCCCCC(C)C(C)CCCCCCCCCCCCCC(=O)O. The standard InChI is InChI=1S/C32H64O2/c1-4-5-6-7-8-9-10-12-15-18-21-24-27-30(2)31(3)28-25-22-19-16-13-11-14-17-20-23-26-29-32(33)34/h30-31H,4-29H2,1-3H3,(H,33,34). The molecule has 204 valence electrons. The van der Waals surface area contributed by atoms with Gasteiger partial charge in [0.2, 0.25) is 0 Å². The molecule has 0 fully saturated rings. The molecule has 0 aliphatic heterocycles. The topological polar surface area (TPSA) is 37.3 Å². The van der Waals surface area contributed by atoms with E-state index in [1.807, 2.05) is 0 Å². The lowest BCUT2D eigenvalue weighted by molar-refractivity contribution is -0.137. The molecule has 2 nitrogen and oxygen atoms in total.